The first-order valence-corrected chi connectivity index (χ1v) is 3.77. The number of hydrogen-bond acceptors (Lipinski definition) is 3. The van der Waals surface area contributed by atoms with E-state index in [9.17, 15) is 9.90 Å². The number of rotatable bonds is 2. The Bertz CT molecular complexity index is 288. The molecule has 0 bridgehead atoms. The third-order valence-corrected chi connectivity index (χ3v) is 1.68. The highest BCUT2D eigenvalue weighted by molar-refractivity contribution is 5.80. The Morgan fingerprint density at radius 2 is 2.15 bits per heavy atom. The molecule has 4 heteroatoms. The summed E-state index contributed by atoms with van der Waals surface area (Å²) >= 11 is 0. The number of hydrogen-bond donors (Lipinski definition) is 3. The second-order valence-corrected chi connectivity index (χ2v) is 2.66. The van der Waals surface area contributed by atoms with Crippen molar-refractivity contribution in [1.82, 2.24) is 0 Å². The molecule has 0 heterocycles. The van der Waals surface area contributed by atoms with Crippen molar-refractivity contribution < 1.29 is 20.1 Å². The SMILES string of the molecule is O=C(O)/C=C/C1=CC=C[C@@H](O)[C@H]1O. The molecule has 70 valence electrons. The van der Waals surface area contributed by atoms with Gasteiger partial charge in [0.15, 0.2) is 0 Å². The maximum Gasteiger partial charge on any atom is 0.328 e. The Morgan fingerprint density at radius 1 is 1.46 bits per heavy atom. The van der Waals surface area contributed by atoms with Gasteiger partial charge in [0.2, 0.25) is 0 Å². The van der Waals surface area contributed by atoms with Gasteiger partial charge in [0.1, 0.15) is 12.2 Å². The summed E-state index contributed by atoms with van der Waals surface area (Å²) in [6.45, 7) is 0. The van der Waals surface area contributed by atoms with Gasteiger partial charge >= 0.3 is 5.97 Å². The average Bonchev–Trinajstić information content (AvgIpc) is 2.07. The zero-order chi connectivity index (χ0) is 9.84. The summed E-state index contributed by atoms with van der Waals surface area (Å²) in [6.07, 6.45) is 4.73. The van der Waals surface area contributed by atoms with Crippen LogP contribution in [0.3, 0.4) is 0 Å². The van der Waals surface area contributed by atoms with Crippen LogP contribution in [-0.2, 0) is 4.79 Å². The molecule has 0 saturated carbocycles. The van der Waals surface area contributed by atoms with Crippen molar-refractivity contribution in [2.24, 2.45) is 0 Å². The van der Waals surface area contributed by atoms with Gasteiger partial charge in [0.05, 0.1) is 0 Å². The van der Waals surface area contributed by atoms with Gasteiger partial charge in [0, 0.05) is 6.08 Å². The number of allylic oxidation sites excluding steroid dienone is 2. The summed E-state index contributed by atoms with van der Waals surface area (Å²) in [5.41, 5.74) is 0.386. The number of aliphatic carboxylic acids is 1. The Labute approximate surface area is 75.1 Å². The topological polar surface area (TPSA) is 77.8 Å². The maximum atomic E-state index is 10.2. The van der Waals surface area contributed by atoms with Gasteiger partial charge in [-0.3, -0.25) is 0 Å². The standard InChI is InChI=1S/C9H10O4/c10-7-3-1-2-6(9(7)13)4-5-8(11)12/h1-5,7,9-10,13H,(H,11,12)/b5-4+/t7-,9+/m1/s1. The van der Waals surface area contributed by atoms with Crippen molar-refractivity contribution in [3.8, 4) is 0 Å². The molecule has 0 unspecified atom stereocenters. The molecule has 0 radical (unpaired) electrons. The molecule has 13 heavy (non-hydrogen) atoms. The van der Waals surface area contributed by atoms with Crippen LogP contribution in [0.2, 0.25) is 0 Å². The largest absolute Gasteiger partial charge is 0.478 e. The highest BCUT2D eigenvalue weighted by Gasteiger charge is 2.18. The normalized spacial score (nSPS) is 27.7. The molecule has 1 aliphatic rings. The van der Waals surface area contributed by atoms with E-state index in [2.05, 4.69) is 0 Å². The first-order valence-electron chi connectivity index (χ1n) is 3.77. The lowest BCUT2D eigenvalue weighted by Crippen LogP contribution is -2.27. The molecule has 3 N–H and O–H groups in total. The number of aliphatic hydroxyl groups is 2. The number of carboxylic acid groups (broad SMARTS) is 1. The van der Waals surface area contributed by atoms with Gasteiger partial charge < -0.3 is 15.3 Å². The second kappa shape index (κ2) is 4.02. The van der Waals surface area contributed by atoms with Crippen LogP contribution in [0, 0.1) is 0 Å². The van der Waals surface area contributed by atoms with Gasteiger partial charge in [-0.25, -0.2) is 4.79 Å². The van der Waals surface area contributed by atoms with Crippen LogP contribution >= 0.6 is 0 Å². The van der Waals surface area contributed by atoms with Gasteiger partial charge in [-0.1, -0.05) is 18.2 Å². The van der Waals surface area contributed by atoms with E-state index < -0.39 is 18.2 Å². The lowest BCUT2D eigenvalue weighted by Gasteiger charge is -2.18. The van der Waals surface area contributed by atoms with Crippen molar-refractivity contribution in [2.75, 3.05) is 0 Å². The molecule has 0 aromatic rings. The van der Waals surface area contributed by atoms with Gasteiger partial charge in [0.25, 0.3) is 0 Å². The van der Waals surface area contributed by atoms with Crippen LogP contribution in [-0.4, -0.2) is 33.5 Å². The molecule has 0 aromatic heterocycles. The molecule has 0 spiro atoms. The van der Waals surface area contributed by atoms with Crippen LogP contribution in [0.5, 0.6) is 0 Å². The number of carboxylic acids is 1. The predicted octanol–water partition coefficient (Wildman–Crippen LogP) is -0.155. The second-order valence-electron chi connectivity index (χ2n) is 2.66. The van der Waals surface area contributed by atoms with Gasteiger partial charge in [-0.2, -0.15) is 0 Å². The van der Waals surface area contributed by atoms with Crippen LogP contribution < -0.4 is 0 Å². The summed E-state index contributed by atoms with van der Waals surface area (Å²) in [5, 5.41) is 26.8. The van der Waals surface area contributed by atoms with Crippen molar-refractivity contribution in [1.29, 1.82) is 0 Å². The lowest BCUT2D eigenvalue weighted by molar-refractivity contribution is -0.131. The third-order valence-electron chi connectivity index (χ3n) is 1.68. The minimum atomic E-state index is -1.09. The Hall–Kier alpha value is -1.39. The molecule has 0 amide bonds. The smallest absolute Gasteiger partial charge is 0.328 e. The van der Waals surface area contributed by atoms with Crippen LogP contribution in [0.15, 0.2) is 36.0 Å². The fraction of sp³-hybridized carbons (Fsp3) is 0.222. The van der Waals surface area contributed by atoms with Crippen molar-refractivity contribution in [3.63, 3.8) is 0 Å². The zero-order valence-electron chi connectivity index (χ0n) is 6.79. The molecule has 1 rings (SSSR count). The summed E-state index contributed by atoms with van der Waals surface area (Å²) < 4.78 is 0. The Kier molecular flexibility index (Phi) is 3.00. The number of aliphatic hydroxyl groups excluding tert-OH is 2. The highest BCUT2D eigenvalue weighted by atomic mass is 16.4. The van der Waals surface area contributed by atoms with Crippen molar-refractivity contribution >= 4 is 5.97 Å². The quantitative estimate of drug-likeness (QED) is 0.519. The molecule has 0 aliphatic heterocycles. The zero-order valence-corrected chi connectivity index (χ0v) is 6.79. The summed E-state index contributed by atoms with van der Waals surface area (Å²) in [7, 11) is 0. The fourth-order valence-electron chi connectivity index (χ4n) is 1.00. The highest BCUT2D eigenvalue weighted by Crippen LogP contribution is 2.14. The van der Waals surface area contributed by atoms with E-state index in [4.69, 9.17) is 10.2 Å². The van der Waals surface area contributed by atoms with E-state index >= 15 is 0 Å². The molecular formula is C9H10O4. The molecule has 1 aliphatic carbocycles. The maximum absolute atomic E-state index is 10.2. The van der Waals surface area contributed by atoms with E-state index in [1.165, 1.54) is 12.2 Å². The lowest BCUT2D eigenvalue weighted by atomic mass is 9.99. The Balaban J connectivity index is 2.74. The molecule has 2 atom stereocenters. The van der Waals surface area contributed by atoms with E-state index in [0.29, 0.717) is 5.57 Å². The minimum Gasteiger partial charge on any atom is -0.478 e. The molecular weight excluding hydrogens is 172 g/mol. The first-order chi connectivity index (χ1) is 6.11. The average molecular weight is 182 g/mol. The fourth-order valence-corrected chi connectivity index (χ4v) is 1.00. The summed E-state index contributed by atoms with van der Waals surface area (Å²) in [5.74, 6) is -1.09. The summed E-state index contributed by atoms with van der Waals surface area (Å²) in [6, 6.07) is 0. The van der Waals surface area contributed by atoms with E-state index in [-0.39, 0.29) is 0 Å². The monoisotopic (exact) mass is 182 g/mol. The minimum absolute atomic E-state index is 0.386. The van der Waals surface area contributed by atoms with Crippen LogP contribution in [0.4, 0.5) is 0 Å². The molecule has 4 nitrogen and oxygen atoms in total. The van der Waals surface area contributed by atoms with Crippen molar-refractivity contribution in [3.05, 3.63) is 36.0 Å². The first kappa shape index (κ1) is 9.70. The van der Waals surface area contributed by atoms with Crippen molar-refractivity contribution in [2.45, 2.75) is 12.2 Å². The summed E-state index contributed by atoms with van der Waals surface area (Å²) in [4.78, 5) is 10.2. The van der Waals surface area contributed by atoms with Gasteiger partial charge in [-0.15, -0.1) is 0 Å². The van der Waals surface area contributed by atoms with E-state index in [1.54, 1.807) is 12.2 Å². The van der Waals surface area contributed by atoms with E-state index in [0.717, 1.165) is 6.08 Å². The van der Waals surface area contributed by atoms with E-state index in [1.807, 2.05) is 0 Å². The molecule has 0 fully saturated rings. The van der Waals surface area contributed by atoms with Crippen LogP contribution in [0.25, 0.3) is 0 Å². The third kappa shape index (κ3) is 2.54. The number of carbonyl (C=O) groups is 1. The van der Waals surface area contributed by atoms with Gasteiger partial charge in [-0.05, 0) is 11.6 Å². The van der Waals surface area contributed by atoms with Crippen LogP contribution in [0.1, 0.15) is 0 Å². The molecule has 0 saturated heterocycles. The Morgan fingerprint density at radius 3 is 2.77 bits per heavy atom. The molecule has 0 aromatic carbocycles. The predicted molar refractivity (Wildman–Crippen MR) is 46.0 cm³/mol.